The van der Waals surface area contributed by atoms with Crippen LogP contribution in [0.2, 0.25) is 10.0 Å². The van der Waals surface area contributed by atoms with E-state index >= 15 is 0 Å². The average molecular weight is 544 g/mol. The zero-order chi connectivity index (χ0) is 24.9. The summed E-state index contributed by atoms with van der Waals surface area (Å²) >= 11 is 13.7. The Morgan fingerprint density at radius 2 is 1.76 bits per heavy atom. The number of hydrogen-bond donors (Lipinski definition) is 0. The van der Waals surface area contributed by atoms with Crippen LogP contribution in [-0.4, -0.2) is 36.6 Å². The lowest BCUT2D eigenvalue weighted by Crippen LogP contribution is -2.43. The Balaban J connectivity index is 1.91. The molecule has 0 atom stereocenters. The highest BCUT2D eigenvalue weighted by molar-refractivity contribution is 7.89. The Labute approximate surface area is 213 Å². The monoisotopic (exact) mass is 542 g/mol. The lowest BCUT2D eigenvalue weighted by atomic mass is 10.2. The molecule has 182 valence electrons. The smallest absolute Gasteiger partial charge is 0.245 e. The molecule has 0 aliphatic carbocycles. The van der Waals surface area contributed by atoms with Gasteiger partial charge in [0, 0.05) is 23.0 Å². The Hall–Kier alpha value is -1.97. The van der Waals surface area contributed by atoms with Crippen LogP contribution in [0.3, 0.4) is 0 Å². The van der Waals surface area contributed by atoms with E-state index in [-0.39, 0.29) is 52.2 Å². The molecule has 1 heterocycles. The van der Waals surface area contributed by atoms with Crippen LogP contribution in [0, 0.1) is 11.7 Å². The first-order chi connectivity index (χ1) is 16.1. The van der Waals surface area contributed by atoms with Gasteiger partial charge in [-0.2, -0.15) is 4.31 Å². The molecule has 0 aliphatic heterocycles. The molecule has 0 bridgehead atoms. The number of rotatable bonds is 10. The van der Waals surface area contributed by atoms with Gasteiger partial charge in [0.1, 0.15) is 10.7 Å². The van der Waals surface area contributed by atoms with Crippen molar-refractivity contribution in [3.8, 4) is 0 Å². The molecule has 2 aromatic carbocycles. The Kier molecular flexibility index (Phi) is 9.12. The van der Waals surface area contributed by atoms with Gasteiger partial charge in [0.25, 0.3) is 0 Å². The number of benzene rings is 2. The molecule has 0 aliphatic rings. The van der Waals surface area contributed by atoms with Gasteiger partial charge in [-0.1, -0.05) is 55.2 Å². The fourth-order valence-electron chi connectivity index (χ4n) is 3.35. The van der Waals surface area contributed by atoms with E-state index in [9.17, 15) is 17.6 Å². The molecule has 0 fully saturated rings. The molecule has 0 saturated heterocycles. The summed E-state index contributed by atoms with van der Waals surface area (Å²) in [6.07, 6.45) is 0. The third kappa shape index (κ3) is 7.02. The Morgan fingerprint density at radius 3 is 2.38 bits per heavy atom. The highest BCUT2D eigenvalue weighted by atomic mass is 35.5. The zero-order valence-electron chi connectivity index (χ0n) is 18.7. The van der Waals surface area contributed by atoms with Crippen molar-refractivity contribution in [3.05, 3.63) is 86.3 Å². The van der Waals surface area contributed by atoms with Crippen molar-refractivity contribution in [2.45, 2.75) is 31.8 Å². The summed E-state index contributed by atoms with van der Waals surface area (Å²) < 4.78 is 41.5. The van der Waals surface area contributed by atoms with E-state index < -0.39 is 10.0 Å². The highest BCUT2D eigenvalue weighted by Crippen LogP contribution is 2.28. The Bertz CT molecular complexity index is 1220. The van der Waals surface area contributed by atoms with Crippen molar-refractivity contribution in [2.24, 2.45) is 5.92 Å². The number of sulfonamides is 1. The number of nitrogens with zero attached hydrogens (tertiary/aromatic N) is 2. The number of thiophene rings is 1. The minimum Gasteiger partial charge on any atom is -0.332 e. The SMILES string of the molecule is CC(C)CN(CC(=O)N(Cc1ccc(F)cc1)Cc1cccs1)S(=O)(=O)c1cc(Cl)ccc1Cl. The van der Waals surface area contributed by atoms with E-state index in [1.807, 2.05) is 31.4 Å². The third-order valence-corrected chi connectivity index (χ3v) is 8.35. The fraction of sp³-hybridized carbons (Fsp3) is 0.292. The molecule has 1 amide bonds. The summed E-state index contributed by atoms with van der Waals surface area (Å²) in [5.41, 5.74) is 0.738. The van der Waals surface area contributed by atoms with Crippen molar-refractivity contribution < 1.29 is 17.6 Å². The van der Waals surface area contributed by atoms with Crippen LogP contribution in [0.5, 0.6) is 0 Å². The van der Waals surface area contributed by atoms with E-state index in [0.29, 0.717) is 6.54 Å². The molecule has 1 aromatic heterocycles. The average Bonchev–Trinajstić information content (AvgIpc) is 3.28. The van der Waals surface area contributed by atoms with Crippen molar-refractivity contribution in [3.63, 3.8) is 0 Å². The van der Waals surface area contributed by atoms with Gasteiger partial charge in [-0.3, -0.25) is 4.79 Å². The third-order valence-electron chi connectivity index (χ3n) is 4.96. The van der Waals surface area contributed by atoms with Crippen molar-refractivity contribution in [1.29, 1.82) is 0 Å². The van der Waals surface area contributed by atoms with Crippen molar-refractivity contribution in [2.75, 3.05) is 13.1 Å². The van der Waals surface area contributed by atoms with Gasteiger partial charge in [-0.05, 0) is 53.3 Å². The van der Waals surface area contributed by atoms with E-state index in [4.69, 9.17) is 23.2 Å². The molecule has 10 heteroatoms. The number of halogens is 3. The van der Waals surface area contributed by atoms with Crippen LogP contribution < -0.4 is 0 Å². The van der Waals surface area contributed by atoms with Gasteiger partial charge in [0.15, 0.2) is 0 Å². The topological polar surface area (TPSA) is 57.7 Å². The fourth-order valence-corrected chi connectivity index (χ4v) is 6.36. The van der Waals surface area contributed by atoms with Gasteiger partial charge in [-0.15, -0.1) is 11.3 Å². The summed E-state index contributed by atoms with van der Waals surface area (Å²) in [6, 6.07) is 13.9. The Morgan fingerprint density at radius 1 is 1.06 bits per heavy atom. The van der Waals surface area contributed by atoms with E-state index in [2.05, 4.69) is 0 Å². The summed E-state index contributed by atoms with van der Waals surface area (Å²) in [6.45, 7) is 4.02. The normalized spacial score (nSPS) is 11.9. The molecule has 5 nitrogen and oxygen atoms in total. The lowest BCUT2D eigenvalue weighted by molar-refractivity contribution is -0.132. The second-order valence-corrected chi connectivity index (χ2v) is 12.0. The van der Waals surface area contributed by atoms with Gasteiger partial charge in [0.05, 0.1) is 18.1 Å². The molecule has 0 unspecified atom stereocenters. The van der Waals surface area contributed by atoms with E-state index in [1.54, 1.807) is 17.0 Å². The van der Waals surface area contributed by atoms with E-state index in [0.717, 1.165) is 14.7 Å². The highest BCUT2D eigenvalue weighted by Gasteiger charge is 2.31. The summed E-state index contributed by atoms with van der Waals surface area (Å²) in [5.74, 6) is -0.782. The largest absolute Gasteiger partial charge is 0.332 e. The van der Waals surface area contributed by atoms with Crippen LogP contribution in [0.4, 0.5) is 4.39 Å². The molecule has 0 saturated carbocycles. The molecule has 3 rings (SSSR count). The quantitative estimate of drug-likeness (QED) is 0.312. The van der Waals surface area contributed by atoms with Gasteiger partial charge in [-0.25, -0.2) is 12.8 Å². The second-order valence-electron chi connectivity index (χ2n) is 8.22. The van der Waals surface area contributed by atoms with Crippen LogP contribution in [0.1, 0.15) is 24.3 Å². The molecular weight excluding hydrogens is 518 g/mol. The van der Waals surface area contributed by atoms with Crippen molar-refractivity contribution >= 4 is 50.5 Å². The summed E-state index contributed by atoms with van der Waals surface area (Å²) in [5, 5.41) is 2.17. The molecule has 0 radical (unpaired) electrons. The molecule has 0 N–H and O–H groups in total. The first kappa shape index (κ1) is 26.6. The molecule has 3 aromatic rings. The predicted octanol–water partition coefficient (Wildman–Crippen LogP) is 6.07. The standard InChI is InChI=1S/C24H25Cl2FN2O3S2/c1-17(2)13-29(34(31,32)23-12-19(25)7-10-22(23)26)16-24(30)28(15-21-4-3-11-33-21)14-18-5-8-20(27)9-6-18/h3-12,17H,13-16H2,1-2H3. The zero-order valence-corrected chi connectivity index (χ0v) is 21.9. The molecular formula is C24H25Cl2FN2O3S2. The summed E-state index contributed by atoms with van der Waals surface area (Å²) in [7, 11) is -4.10. The first-order valence-electron chi connectivity index (χ1n) is 10.6. The lowest BCUT2D eigenvalue weighted by Gasteiger charge is -2.28. The molecule has 34 heavy (non-hydrogen) atoms. The van der Waals surface area contributed by atoms with Gasteiger partial charge < -0.3 is 4.90 Å². The van der Waals surface area contributed by atoms with Gasteiger partial charge >= 0.3 is 0 Å². The second kappa shape index (κ2) is 11.6. The van der Waals surface area contributed by atoms with E-state index in [1.165, 1.54) is 41.7 Å². The van der Waals surface area contributed by atoms with Crippen molar-refractivity contribution in [1.82, 2.24) is 9.21 Å². The number of amides is 1. The van der Waals surface area contributed by atoms with Crippen LogP contribution >= 0.6 is 34.5 Å². The van der Waals surface area contributed by atoms with Crippen LogP contribution in [0.15, 0.2) is 64.9 Å². The maximum absolute atomic E-state index is 13.5. The minimum atomic E-state index is -4.10. The predicted molar refractivity (Wildman–Crippen MR) is 135 cm³/mol. The van der Waals surface area contributed by atoms with Crippen LogP contribution in [0.25, 0.3) is 0 Å². The summed E-state index contributed by atoms with van der Waals surface area (Å²) in [4.78, 5) is 15.8. The number of carbonyl (C=O) groups is 1. The number of carbonyl (C=O) groups excluding carboxylic acids is 1. The first-order valence-corrected chi connectivity index (χ1v) is 13.6. The van der Waals surface area contributed by atoms with Crippen LogP contribution in [-0.2, 0) is 27.9 Å². The van der Waals surface area contributed by atoms with Gasteiger partial charge in [0.2, 0.25) is 15.9 Å². The number of hydrogen-bond acceptors (Lipinski definition) is 4. The maximum atomic E-state index is 13.5. The molecule has 0 spiro atoms. The minimum absolute atomic E-state index is 0.0346. The maximum Gasteiger partial charge on any atom is 0.245 e.